The molecule has 1 aromatic rings. The Morgan fingerprint density at radius 2 is 2.44 bits per heavy atom. The van der Waals surface area contributed by atoms with Crippen LogP contribution in [0.3, 0.4) is 0 Å². The zero-order chi connectivity index (χ0) is 12.8. The average Bonchev–Trinajstić information content (AvgIpc) is 2.92. The summed E-state index contributed by atoms with van der Waals surface area (Å²) >= 11 is 0. The highest BCUT2D eigenvalue weighted by Crippen LogP contribution is 2.13. The van der Waals surface area contributed by atoms with Crippen LogP contribution in [-0.4, -0.2) is 57.6 Å². The molecule has 2 N–H and O–H groups in total. The van der Waals surface area contributed by atoms with E-state index in [-0.39, 0.29) is 11.7 Å². The van der Waals surface area contributed by atoms with E-state index in [0.717, 1.165) is 32.6 Å². The zero-order valence-electron chi connectivity index (χ0n) is 10.7. The quantitative estimate of drug-likeness (QED) is 0.773. The summed E-state index contributed by atoms with van der Waals surface area (Å²) in [5.41, 5.74) is 0. The van der Waals surface area contributed by atoms with E-state index in [1.807, 2.05) is 4.90 Å². The molecule has 1 saturated heterocycles. The summed E-state index contributed by atoms with van der Waals surface area (Å²) in [6.07, 6.45) is 3.29. The number of H-pyrrole nitrogens is 1. The topological polar surface area (TPSA) is 86.8 Å². The standard InChI is InChI=1S/C11H20N6O/c1-2-6-17(8-9-4-3-5-12-7-9)11(18)10-13-15-16-14-10/h9,12H,2-8H2,1H3,(H,13,14,15,16). The molecule has 1 aliphatic rings. The van der Waals surface area contributed by atoms with Gasteiger partial charge in [-0.1, -0.05) is 6.92 Å². The molecule has 2 rings (SSSR count). The lowest BCUT2D eigenvalue weighted by Gasteiger charge is -2.29. The molecule has 0 saturated carbocycles. The fraction of sp³-hybridized carbons (Fsp3) is 0.818. The van der Waals surface area contributed by atoms with Crippen molar-refractivity contribution in [3.8, 4) is 0 Å². The van der Waals surface area contributed by atoms with Crippen molar-refractivity contribution in [1.82, 2.24) is 30.8 Å². The number of carbonyl (C=O) groups excluding carboxylic acids is 1. The van der Waals surface area contributed by atoms with Crippen molar-refractivity contribution in [3.05, 3.63) is 5.82 Å². The van der Waals surface area contributed by atoms with Crippen LogP contribution >= 0.6 is 0 Å². The Balaban J connectivity index is 1.96. The molecule has 1 fully saturated rings. The predicted octanol–water partition coefficient (Wildman–Crippen LogP) is 0.0515. The predicted molar refractivity (Wildman–Crippen MR) is 66.0 cm³/mol. The van der Waals surface area contributed by atoms with Crippen LogP contribution in [0.5, 0.6) is 0 Å². The van der Waals surface area contributed by atoms with Crippen molar-refractivity contribution >= 4 is 5.91 Å². The molecule has 2 heterocycles. The molecule has 0 aromatic carbocycles. The maximum absolute atomic E-state index is 12.2. The lowest BCUT2D eigenvalue weighted by molar-refractivity contribution is 0.0706. The van der Waals surface area contributed by atoms with Gasteiger partial charge in [-0.3, -0.25) is 4.79 Å². The van der Waals surface area contributed by atoms with Gasteiger partial charge in [0.2, 0.25) is 0 Å². The smallest absolute Gasteiger partial charge is 0.295 e. The molecule has 1 aliphatic heterocycles. The number of amides is 1. The zero-order valence-corrected chi connectivity index (χ0v) is 10.7. The van der Waals surface area contributed by atoms with Gasteiger partial charge in [0.05, 0.1) is 0 Å². The molecule has 0 bridgehead atoms. The number of piperidine rings is 1. The van der Waals surface area contributed by atoms with Crippen LogP contribution in [-0.2, 0) is 0 Å². The third kappa shape index (κ3) is 3.25. The first-order chi connectivity index (χ1) is 8.81. The van der Waals surface area contributed by atoms with Crippen molar-refractivity contribution < 1.29 is 4.79 Å². The molecule has 0 radical (unpaired) electrons. The van der Waals surface area contributed by atoms with E-state index in [9.17, 15) is 4.79 Å². The van der Waals surface area contributed by atoms with Gasteiger partial charge in [-0.05, 0) is 43.5 Å². The molecular weight excluding hydrogens is 232 g/mol. The van der Waals surface area contributed by atoms with E-state index in [1.54, 1.807) is 0 Å². The van der Waals surface area contributed by atoms with Crippen molar-refractivity contribution in [2.24, 2.45) is 5.92 Å². The van der Waals surface area contributed by atoms with Gasteiger partial charge in [-0.2, -0.15) is 5.21 Å². The number of carbonyl (C=O) groups is 1. The van der Waals surface area contributed by atoms with Gasteiger partial charge in [0, 0.05) is 13.1 Å². The summed E-state index contributed by atoms with van der Waals surface area (Å²) in [4.78, 5) is 14.0. The van der Waals surface area contributed by atoms with Gasteiger partial charge < -0.3 is 10.2 Å². The molecule has 100 valence electrons. The number of hydrogen-bond acceptors (Lipinski definition) is 5. The van der Waals surface area contributed by atoms with Crippen LogP contribution in [0.1, 0.15) is 36.8 Å². The summed E-state index contributed by atoms with van der Waals surface area (Å²) < 4.78 is 0. The number of tetrazole rings is 1. The Morgan fingerprint density at radius 1 is 1.56 bits per heavy atom. The minimum Gasteiger partial charge on any atom is -0.335 e. The Hall–Kier alpha value is -1.50. The lowest BCUT2D eigenvalue weighted by Crippen LogP contribution is -2.41. The number of nitrogens with zero attached hydrogens (tertiary/aromatic N) is 4. The highest BCUT2D eigenvalue weighted by molar-refractivity contribution is 5.90. The number of aromatic nitrogens is 4. The molecule has 0 aliphatic carbocycles. The van der Waals surface area contributed by atoms with Crippen molar-refractivity contribution in [2.45, 2.75) is 26.2 Å². The monoisotopic (exact) mass is 252 g/mol. The van der Waals surface area contributed by atoms with E-state index in [4.69, 9.17) is 0 Å². The van der Waals surface area contributed by atoms with E-state index < -0.39 is 0 Å². The van der Waals surface area contributed by atoms with Crippen LogP contribution in [0.15, 0.2) is 0 Å². The lowest BCUT2D eigenvalue weighted by atomic mass is 9.99. The van der Waals surface area contributed by atoms with Gasteiger partial charge >= 0.3 is 0 Å². The Bertz CT molecular complexity index is 360. The van der Waals surface area contributed by atoms with Gasteiger partial charge in [-0.15, -0.1) is 10.2 Å². The number of aromatic amines is 1. The number of nitrogens with one attached hydrogen (secondary N) is 2. The molecule has 1 unspecified atom stereocenters. The minimum absolute atomic E-state index is 0.129. The second-order valence-corrected chi connectivity index (χ2v) is 4.70. The molecular formula is C11H20N6O. The highest BCUT2D eigenvalue weighted by Gasteiger charge is 2.23. The Morgan fingerprint density at radius 3 is 3.06 bits per heavy atom. The molecule has 7 heteroatoms. The molecule has 1 atom stereocenters. The third-order valence-corrected chi connectivity index (χ3v) is 3.19. The average molecular weight is 252 g/mol. The molecule has 18 heavy (non-hydrogen) atoms. The van der Waals surface area contributed by atoms with Crippen molar-refractivity contribution in [2.75, 3.05) is 26.2 Å². The number of rotatable bonds is 5. The molecule has 7 nitrogen and oxygen atoms in total. The second-order valence-electron chi connectivity index (χ2n) is 4.70. The van der Waals surface area contributed by atoms with E-state index in [2.05, 4.69) is 32.9 Å². The van der Waals surface area contributed by atoms with Crippen LogP contribution in [0.2, 0.25) is 0 Å². The normalized spacial score (nSPS) is 19.7. The summed E-state index contributed by atoms with van der Waals surface area (Å²) in [5, 5.41) is 16.6. The van der Waals surface area contributed by atoms with Crippen LogP contribution in [0.25, 0.3) is 0 Å². The summed E-state index contributed by atoms with van der Waals surface area (Å²) in [5.74, 6) is 0.560. The minimum atomic E-state index is -0.129. The molecule has 1 aromatic heterocycles. The van der Waals surface area contributed by atoms with Gasteiger partial charge in [0.25, 0.3) is 11.7 Å². The SMILES string of the molecule is CCCN(CC1CCCNC1)C(=O)c1nn[nH]n1. The first kappa shape index (κ1) is 12.9. The largest absolute Gasteiger partial charge is 0.335 e. The van der Waals surface area contributed by atoms with E-state index in [0.29, 0.717) is 5.92 Å². The van der Waals surface area contributed by atoms with Gasteiger partial charge in [0.15, 0.2) is 0 Å². The molecule has 0 spiro atoms. The van der Waals surface area contributed by atoms with E-state index in [1.165, 1.54) is 12.8 Å². The third-order valence-electron chi connectivity index (χ3n) is 3.19. The Labute approximate surface area is 106 Å². The van der Waals surface area contributed by atoms with Crippen LogP contribution in [0, 0.1) is 5.92 Å². The summed E-state index contributed by atoms with van der Waals surface area (Å²) in [6.45, 7) is 5.65. The molecule has 1 amide bonds. The van der Waals surface area contributed by atoms with Crippen molar-refractivity contribution in [3.63, 3.8) is 0 Å². The summed E-state index contributed by atoms with van der Waals surface area (Å²) in [6, 6.07) is 0. The Kier molecular flexibility index (Phi) is 4.63. The maximum atomic E-state index is 12.2. The first-order valence-electron chi connectivity index (χ1n) is 6.54. The number of hydrogen-bond donors (Lipinski definition) is 2. The first-order valence-corrected chi connectivity index (χ1v) is 6.54. The van der Waals surface area contributed by atoms with Crippen LogP contribution in [0.4, 0.5) is 0 Å². The van der Waals surface area contributed by atoms with Gasteiger partial charge in [0.1, 0.15) is 0 Å². The highest BCUT2D eigenvalue weighted by atomic mass is 16.2. The van der Waals surface area contributed by atoms with Crippen LogP contribution < -0.4 is 5.32 Å². The maximum Gasteiger partial charge on any atom is 0.295 e. The van der Waals surface area contributed by atoms with E-state index >= 15 is 0 Å². The summed E-state index contributed by atoms with van der Waals surface area (Å²) in [7, 11) is 0. The van der Waals surface area contributed by atoms with Gasteiger partial charge in [-0.25, -0.2) is 0 Å². The second kappa shape index (κ2) is 6.44. The fourth-order valence-electron chi connectivity index (χ4n) is 2.33. The van der Waals surface area contributed by atoms with Crippen molar-refractivity contribution in [1.29, 1.82) is 0 Å². The fourth-order valence-corrected chi connectivity index (χ4v) is 2.33.